The van der Waals surface area contributed by atoms with E-state index in [1.54, 1.807) is 20.4 Å². The van der Waals surface area contributed by atoms with Crippen LogP contribution >= 0.6 is 0 Å². The Morgan fingerprint density at radius 1 is 0.929 bits per heavy atom. The van der Waals surface area contributed by atoms with Gasteiger partial charge in [-0.25, -0.2) is 0 Å². The lowest BCUT2D eigenvalue weighted by Gasteiger charge is -2.14. The van der Waals surface area contributed by atoms with Crippen molar-refractivity contribution >= 4 is 17.5 Å². The number of aryl methyl sites for hydroxylation is 3. The minimum atomic E-state index is 0.446. The van der Waals surface area contributed by atoms with Crippen molar-refractivity contribution in [2.75, 3.05) is 24.9 Å². The molecule has 0 spiro atoms. The Kier molecular flexibility index (Phi) is 5.93. The fourth-order valence-electron chi connectivity index (χ4n) is 3.12. The Morgan fingerprint density at radius 3 is 2.32 bits per heavy atom. The third-order valence-electron chi connectivity index (χ3n) is 4.39. The SMILES string of the molecule is COc1ccc(CNc2nncc(Nc3c(C)cc(C)cc3C)n2)cc1OC. The highest BCUT2D eigenvalue weighted by molar-refractivity contribution is 5.65. The number of anilines is 3. The van der Waals surface area contributed by atoms with Crippen LogP contribution in [0.3, 0.4) is 0 Å². The first-order valence-corrected chi connectivity index (χ1v) is 8.99. The minimum Gasteiger partial charge on any atom is -0.493 e. The second kappa shape index (κ2) is 8.56. The molecule has 0 aliphatic heterocycles. The molecule has 0 saturated carbocycles. The van der Waals surface area contributed by atoms with Crippen molar-refractivity contribution in [3.8, 4) is 11.5 Å². The third kappa shape index (κ3) is 4.49. The Balaban J connectivity index is 1.72. The number of ether oxygens (including phenoxy) is 2. The summed E-state index contributed by atoms with van der Waals surface area (Å²) in [4.78, 5) is 4.51. The van der Waals surface area contributed by atoms with Gasteiger partial charge in [-0.3, -0.25) is 0 Å². The zero-order chi connectivity index (χ0) is 20.1. The molecule has 0 aliphatic carbocycles. The van der Waals surface area contributed by atoms with E-state index in [9.17, 15) is 0 Å². The average Bonchev–Trinajstić information content (AvgIpc) is 2.69. The number of methoxy groups -OCH3 is 2. The summed E-state index contributed by atoms with van der Waals surface area (Å²) in [5.41, 5.74) is 5.62. The second-order valence-corrected chi connectivity index (χ2v) is 6.61. The number of nitrogens with one attached hydrogen (secondary N) is 2. The van der Waals surface area contributed by atoms with Crippen molar-refractivity contribution in [2.45, 2.75) is 27.3 Å². The molecule has 1 aromatic heterocycles. The van der Waals surface area contributed by atoms with E-state index in [0.29, 0.717) is 29.8 Å². The van der Waals surface area contributed by atoms with Gasteiger partial charge < -0.3 is 20.1 Å². The largest absolute Gasteiger partial charge is 0.493 e. The molecule has 7 heteroatoms. The number of aromatic nitrogens is 3. The summed E-state index contributed by atoms with van der Waals surface area (Å²) in [6.45, 7) is 6.78. The molecule has 2 N–H and O–H groups in total. The predicted molar refractivity (Wildman–Crippen MR) is 111 cm³/mol. The van der Waals surface area contributed by atoms with E-state index in [1.165, 1.54) is 5.56 Å². The van der Waals surface area contributed by atoms with E-state index in [1.807, 2.05) is 18.2 Å². The minimum absolute atomic E-state index is 0.446. The van der Waals surface area contributed by atoms with E-state index in [0.717, 1.165) is 22.4 Å². The summed E-state index contributed by atoms with van der Waals surface area (Å²) in [5, 5.41) is 14.7. The first-order valence-electron chi connectivity index (χ1n) is 8.99. The van der Waals surface area contributed by atoms with Gasteiger partial charge in [-0.05, 0) is 49.6 Å². The molecule has 3 rings (SSSR count). The zero-order valence-corrected chi connectivity index (χ0v) is 16.8. The molecule has 0 unspecified atom stereocenters. The van der Waals surface area contributed by atoms with Crippen LogP contribution in [-0.2, 0) is 6.54 Å². The topological polar surface area (TPSA) is 81.2 Å². The van der Waals surface area contributed by atoms with Crippen LogP contribution in [0.15, 0.2) is 36.5 Å². The van der Waals surface area contributed by atoms with Crippen LogP contribution in [0.1, 0.15) is 22.3 Å². The van der Waals surface area contributed by atoms with E-state index < -0.39 is 0 Å². The highest BCUT2D eigenvalue weighted by Crippen LogP contribution is 2.28. The van der Waals surface area contributed by atoms with Crippen LogP contribution in [0.2, 0.25) is 0 Å². The van der Waals surface area contributed by atoms with Gasteiger partial charge in [-0.15, -0.1) is 5.10 Å². The summed E-state index contributed by atoms with van der Waals surface area (Å²) in [6, 6.07) is 10.0. The first-order chi connectivity index (χ1) is 13.5. The van der Waals surface area contributed by atoms with Crippen LogP contribution < -0.4 is 20.1 Å². The predicted octanol–water partition coefficient (Wildman–Crippen LogP) is 4.17. The Morgan fingerprint density at radius 2 is 1.64 bits per heavy atom. The molecular formula is C21H25N5O2. The molecule has 28 heavy (non-hydrogen) atoms. The van der Waals surface area contributed by atoms with E-state index >= 15 is 0 Å². The van der Waals surface area contributed by atoms with Gasteiger partial charge in [0.05, 0.1) is 20.4 Å². The summed E-state index contributed by atoms with van der Waals surface area (Å²) < 4.78 is 10.6. The normalized spacial score (nSPS) is 10.5. The fourth-order valence-corrected chi connectivity index (χ4v) is 3.12. The highest BCUT2D eigenvalue weighted by Gasteiger charge is 2.08. The number of hydrogen-bond acceptors (Lipinski definition) is 7. The van der Waals surface area contributed by atoms with E-state index in [2.05, 4.69) is 58.7 Å². The maximum atomic E-state index is 5.34. The first kappa shape index (κ1) is 19.4. The molecule has 0 saturated heterocycles. The van der Waals surface area contributed by atoms with Crippen LogP contribution in [0.4, 0.5) is 17.5 Å². The molecule has 0 radical (unpaired) electrons. The van der Waals surface area contributed by atoms with Crippen molar-refractivity contribution in [2.24, 2.45) is 0 Å². The molecule has 0 aliphatic rings. The quantitative estimate of drug-likeness (QED) is 0.637. The van der Waals surface area contributed by atoms with Crippen molar-refractivity contribution in [1.82, 2.24) is 15.2 Å². The van der Waals surface area contributed by atoms with E-state index in [4.69, 9.17) is 9.47 Å². The fraction of sp³-hybridized carbons (Fsp3) is 0.286. The Labute approximate surface area is 165 Å². The van der Waals surface area contributed by atoms with Crippen LogP contribution in [-0.4, -0.2) is 29.4 Å². The molecule has 0 amide bonds. The van der Waals surface area contributed by atoms with Crippen LogP contribution in [0.25, 0.3) is 0 Å². The Hall–Kier alpha value is -3.35. The summed E-state index contributed by atoms with van der Waals surface area (Å²) in [6.07, 6.45) is 1.61. The maximum absolute atomic E-state index is 5.34. The van der Waals surface area contributed by atoms with Gasteiger partial charge in [0.1, 0.15) is 0 Å². The molecule has 0 fully saturated rings. The molecular weight excluding hydrogens is 354 g/mol. The molecule has 0 bridgehead atoms. The summed E-state index contributed by atoms with van der Waals surface area (Å²) >= 11 is 0. The van der Waals surface area contributed by atoms with Crippen molar-refractivity contribution in [3.05, 3.63) is 58.8 Å². The molecule has 0 atom stereocenters. The van der Waals surface area contributed by atoms with Gasteiger partial charge in [-0.1, -0.05) is 23.8 Å². The standard InChI is InChI=1S/C21H25N5O2/c1-13-8-14(2)20(15(3)9-13)24-19-12-23-26-21(25-19)22-11-16-6-7-17(27-4)18(10-16)28-5/h6-10,12H,11H2,1-5H3,(H2,22,24,25,26). The second-order valence-electron chi connectivity index (χ2n) is 6.61. The summed E-state index contributed by atoms with van der Waals surface area (Å²) in [7, 11) is 3.23. The van der Waals surface area contributed by atoms with Gasteiger partial charge in [0, 0.05) is 12.2 Å². The van der Waals surface area contributed by atoms with Crippen LogP contribution in [0, 0.1) is 20.8 Å². The Bertz CT molecular complexity index is 952. The molecule has 2 aromatic carbocycles. The van der Waals surface area contributed by atoms with E-state index in [-0.39, 0.29) is 0 Å². The van der Waals surface area contributed by atoms with Gasteiger partial charge in [0.25, 0.3) is 0 Å². The number of benzene rings is 2. The van der Waals surface area contributed by atoms with Gasteiger partial charge >= 0.3 is 0 Å². The maximum Gasteiger partial charge on any atom is 0.244 e. The zero-order valence-electron chi connectivity index (χ0n) is 16.8. The lowest BCUT2D eigenvalue weighted by Crippen LogP contribution is -2.07. The molecule has 7 nitrogen and oxygen atoms in total. The van der Waals surface area contributed by atoms with Gasteiger partial charge in [-0.2, -0.15) is 10.1 Å². The molecule has 3 aromatic rings. The van der Waals surface area contributed by atoms with Crippen molar-refractivity contribution in [1.29, 1.82) is 0 Å². The monoisotopic (exact) mass is 379 g/mol. The number of hydrogen-bond donors (Lipinski definition) is 2. The molecule has 1 heterocycles. The highest BCUT2D eigenvalue weighted by atomic mass is 16.5. The van der Waals surface area contributed by atoms with Gasteiger partial charge in [0.15, 0.2) is 17.3 Å². The van der Waals surface area contributed by atoms with Gasteiger partial charge in [0.2, 0.25) is 5.95 Å². The molecule has 146 valence electrons. The average molecular weight is 379 g/mol. The summed E-state index contributed by atoms with van der Waals surface area (Å²) in [5.74, 6) is 2.46. The third-order valence-corrected chi connectivity index (χ3v) is 4.39. The number of nitrogens with zero attached hydrogens (tertiary/aromatic N) is 3. The van der Waals surface area contributed by atoms with Crippen molar-refractivity contribution in [3.63, 3.8) is 0 Å². The van der Waals surface area contributed by atoms with Crippen LogP contribution in [0.5, 0.6) is 11.5 Å². The van der Waals surface area contributed by atoms with Crippen molar-refractivity contribution < 1.29 is 9.47 Å². The lowest BCUT2D eigenvalue weighted by molar-refractivity contribution is 0.354. The number of rotatable bonds is 7. The lowest BCUT2D eigenvalue weighted by atomic mass is 10.1. The smallest absolute Gasteiger partial charge is 0.244 e.